The second kappa shape index (κ2) is 8.08. The van der Waals surface area contributed by atoms with Crippen LogP contribution in [0, 0.1) is 6.92 Å². The average molecular weight is 378 g/mol. The normalized spacial score (nSPS) is 14.2. The highest BCUT2D eigenvalue weighted by atomic mass is 16.3. The molecule has 0 aliphatic carbocycles. The van der Waals surface area contributed by atoms with E-state index in [0.717, 1.165) is 43.4 Å². The van der Waals surface area contributed by atoms with Crippen molar-refractivity contribution in [2.75, 3.05) is 36.0 Å². The lowest BCUT2D eigenvalue weighted by Crippen LogP contribution is -2.47. The summed E-state index contributed by atoms with van der Waals surface area (Å²) in [7, 11) is 0. The van der Waals surface area contributed by atoms with Crippen LogP contribution in [0.4, 0.5) is 11.6 Å². The zero-order chi connectivity index (χ0) is 19.3. The molecule has 4 rings (SSSR count). The molecule has 28 heavy (non-hydrogen) atoms. The van der Waals surface area contributed by atoms with Crippen LogP contribution in [0.3, 0.4) is 0 Å². The van der Waals surface area contributed by atoms with E-state index in [2.05, 4.69) is 30.1 Å². The number of hydrogen-bond donors (Lipinski definition) is 1. The van der Waals surface area contributed by atoms with Gasteiger partial charge in [0.25, 0.3) is 5.91 Å². The fourth-order valence-electron chi connectivity index (χ4n) is 3.32. The number of carbonyl (C=O) groups excluding carboxylic acids is 1. The van der Waals surface area contributed by atoms with E-state index in [1.807, 2.05) is 36.5 Å². The van der Waals surface area contributed by atoms with Crippen LogP contribution in [-0.4, -0.2) is 47.0 Å². The van der Waals surface area contributed by atoms with Crippen LogP contribution in [0.1, 0.15) is 21.8 Å². The van der Waals surface area contributed by atoms with Crippen LogP contribution in [-0.2, 0) is 6.54 Å². The van der Waals surface area contributed by atoms with Crippen molar-refractivity contribution in [3.05, 3.63) is 66.1 Å². The van der Waals surface area contributed by atoms with Crippen molar-refractivity contribution in [2.45, 2.75) is 13.5 Å². The zero-order valence-electron chi connectivity index (χ0n) is 15.7. The minimum absolute atomic E-state index is 0.245. The number of rotatable bonds is 5. The number of pyridine rings is 2. The van der Waals surface area contributed by atoms with Gasteiger partial charge in [-0.25, -0.2) is 15.0 Å². The first-order valence-electron chi connectivity index (χ1n) is 9.25. The van der Waals surface area contributed by atoms with E-state index >= 15 is 0 Å². The highest BCUT2D eigenvalue weighted by Crippen LogP contribution is 2.21. The Morgan fingerprint density at radius 3 is 2.54 bits per heavy atom. The maximum atomic E-state index is 12.3. The highest BCUT2D eigenvalue weighted by Gasteiger charge is 2.21. The fourth-order valence-corrected chi connectivity index (χ4v) is 3.32. The molecule has 1 N–H and O–H groups in total. The van der Waals surface area contributed by atoms with Crippen molar-refractivity contribution >= 4 is 17.5 Å². The standard InChI is InChI=1S/C20H22N6O2/c1-15-18(28-14-24-15)20(27)23-13-16-5-4-8-22-19(16)26-11-9-25(10-12-26)17-6-2-3-7-21-17/h2-8,14H,9-13H2,1H3,(H,23,27). The summed E-state index contributed by atoms with van der Waals surface area (Å²) >= 11 is 0. The van der Waals surface area contributed by atoms with Gasteiger partial charge in [-0.3, -0.25) is 4.79 Å². The van der Waals surface area contributed by atoms with Gasteiger partial charge < -0.3 is 19.5 Å². The number of nitrogens with zero attached hydrogens (tertiary/aromatic N) is 5. The van der Waals surface area contributed by atoms with E-state index in [1.54, 1.807) is 13.1 Å². The maximum absolute atomic E-state index is 12.3. The smallest absolute Gasteiger partial charge is 0.289 e. The second-order valence-corrected chi connectivity index (χ2v) is 6.60. The van der Waals surface area contributed by atoms with Crippen LogP contribution < -0.4 is 15.1 Å². The van der Waals surface area contributed by atoms with E-state index < -0.39 is 0 Å². The average Bonchev–Trinajstić information content (AvgIpc) is 3.19. The predicted molar refractivity (Wildman–Crippen MR) is 105 cm³/mol. The number of aryl methyl sites for hydroxylation is 1. The first kappa shape index (κ1) is 18.0. The first-order chi connectivity index (χ1) is 13.7. The molecular weight excluding hydrogens is 356 g/mol. The predicted octanol–water partition coefficient (Wildman–Crippen LogP) is 2.03. The van der Waals surface area contributed by atoms with Gasteiger partial charge in [-0.1, -0.05) is 12.1 Å². The summed E-state index contributed by atoms with van der Waals surface area (Å²) in [5.74, 6) is 1.87. The third kappa shape index (κ3) is 3.80. The van der Waals surface area contributed by atoms with Crippen molar-refractivity contribution in [1.82, 2.24) is 20.3 Å². The molecule has 0 radical (unpaired) electrons. The van der Waals surface area contributed by atoms with Crippen molar-refractivity contribution in [3.63, 3.8) is 0 Å². The number of oxazole rings is 1. The number of hydrogen-bond acceptors (Lipinski definition) is 7. The Bertz CT molecular complexity index is 935. The van der Waals surface area contributed by atoms with Crippen LogP contribution in [0.5, 0.6) is 0 Å². The number of anilines is 2. The van der Waals surface area contributed by atoms with E-state index in [-0.39, 0.29) is 11.7 Å². The molecule has 0 unspecified atom stereocenters. The Hall–Kier alpha value is -3.42. The Morgan fingerprint density at radius 1 is 1.04 bits per heavy atom. The highest BCUT2D eigenvalue weighted by molar-refractivity contribution is 5.92. The quantitative estimate of drug-likeness (QED) is 0.727. The van der Waals surface area contributed by atoms with Gasteiger partial charge in [-0.15, -0.1) is 0 Å². The van der Waals surface area contributed by atoms with Gasteiger partial charge >= 0.3 is 0 Å². The largest absolute Gasteiger partial charge is 0.438 e. The third-order valence-electron chi connectivity index (χ3n) is 4.81. The van der Waals surface area contributed by atoms with Gasteiger partial charge in [0, 0.05) is 50.7 Å². The topological polar surface area (TPSA) is 87.4 Å². The number of aromatic nitrogens is 3. The second-order valence-electron chi connectivity index (χ2n) is 6.60. The lowest BCUT2D eigenvalue weighted by atomic mass is 10.2. The zero-order valence-corrected chi connectivity index (χ0v) is 15.7. The number of amides is 1. The van der Waals surface area contributed by atoms with Gasteiger partial charge in [0.15, 0.2) is 6.39 Å². The lowest BCUT2D eigenvalue weighted by molar-refractivity contribution is 0.0922. The Kier molecular flexibility index (Phi) is 5.18. The molecule has 0 spiro atoms. The van der Waals surface area contributed by atoms with Gasteiger partial charge in [-0.2, -0.15) is 0 Å². The third-order valence-corrected chi connectivity index (χ3v) is 4.81. The van der Waals surface area contributed by atoms with E-state index in [1.165, 1.54) is 6.39 Å². The molecule has 0 bridgehead atoms. The number of nitrogens with one attached hydrogen (secondary N) is 1. The molecule has 8 heteroatoms. The van der Waals surface area contributed by atoms with Crippen LogP contribution in [0.2, 0.25) is 0 Å². The Morgan fingerprint density at radius 2 is 1.82 bits per heavy atom. The molecule has 4 heterocycles. The van der Waals surface area contributed by atoms with E-state index in [4.69, 9.17) is 4.42 Å². The lowest BCUT2D eigenvalue weighted by Gasteiger charge is -2.36. The maximum Gasteiger partial charge on any atom is 0.289 e. The van der Waals surface area contributed by atoms with Gasteiger partial charge in [-0.05, 0) is 25.1 Å². The minimum Gasteiger partial charge on any atom is -0.438 e. The van der Waals surface area contributed by atoms with Crippen LogP contribution in [0.25, 0.3) is 0 Å². The van der Waals surface area contributed by atoms with Crippen molar-refractivity contribution in [1.29, 1.82) is 0 Å². The van der Waals surface area contributed by atoms with Crippen molar-refractivity contribution in [3.8, 4) is 0 Å². The summed E-state index contributed by atoms with van der Waals surface area (Å²) in [5, 5.41) is 2.90. The number of carbonyl (C=O) groups is 1. The van der Waals surface area contributed by atoms with Crippen molar-refractivity contribution < 1.29 is 9.21 Å². The summed E-state index contributed by atoms with van der Waals surface area (Å²) in [6, 6.07) is 9.83. The molecule has 1 aliphatic heterocycles. The van der Waals surface area contributed by atoms with Crippen LogP contribution >= 0.6 is 0 Å². The van der Waals surface area contributed by atoms with Crippen molar-refractivity contribution in [2.24, 2.45) is 0 Å². The first-order valence-corrected chi connectivity index (χ1v) is 9.25. The molecule has 1 fully saturated rings. The molecule has 0 atom stereocenters. The summed E-state index contributed by atoms with van der Waals surface area (Å²) in [4.78, 5) is 29.8. The van der Waals surface area contributed by atoms with Crippen LogP contribution in [0.15, 0.2) is 53.5 Å². The molecule has 8 nitrogen and oxygen atoms in total. The SMILES string of the molecule is Cc1ncoc1C(=O)NCc1cccnc1N1CCN(c2ccccn2)CC1. The van der Waals surface area contributed by atoms with Gasteiger partial charge in [0.05, 0.1) is 5.69 Å². The summed E-state index contributed by atoms with van der Waals surface area (Å²) in [5.41, 5.74) is 1.55. The monoisotopic (exact) mass is 378 g/mol. The molecule has 3 aromatic heterocycles. The molecule has 144 valence electrons. The summed E-state index contributed by atoms with van der Waals surface area (Å²) < 4.78 is 5.15. The fraction of sp³-hybridized carbons (Fsp3) is 0.300. The molecule has 3 aromatic rings. The Labute approximate surface area is 163 Å². The molecule has 0 aromatic carbocycles. The van der Waals surface area contributed by atoms with Gasteiger partial charge in [0.1, 0.15) is 11.6 Å². The molecule has 1 amide bonds. The molecule has 1 saturated heterocycles. The summed E-state index contributed by atoms with van der Waals surface area (Å²) in [6.45, 7) is 5.55. The molecule has 0 saturated carbocycles. The molecular formula is C20H22N6O2. The Balaban J connectivity index is 1.41. The number of piperazine rings is 1. The minimum atomic E-state index is -0.273. The summed E-state index contributed by atoms with van der Waals surface area (Å²) in [6.07, 6.45) is 4.88. The molecule has 1 aliphatic rings. The van der Waals surface area contributed by atoms with E-state index in [0.29, 0.717) is 12.2 Å². The van der Waals surface area contributed by atoms with E-state index in [9.17, 15) is 4.79 Å². The van der Waals surface area contributed by atoms with Gasteiger partial charge in [0.2, 0.25) is 5.76 Å².